The molecule has 0 saturated carbocycles. The lowest BCUT2D eigenvalue weighted by Gasteiger charge is -2.12. The van der Waals surface area contributed by atoms with Crippen molar-refractivity contribution < 1.29 is 31.1 Å². The van der Waals surface area contributed by atoms with Crippen molar-refractivity contribution in [3.63, 3.8) is 0 Å². The van der Waals surface area contributed by atoms with Gasteiger partial charge in [0.15, 0.2) is 9.84 Å². The maximum atomic E-state index is 12.7. The van der Waals surface area contributed by atoms with Gasteiger partial charge < -0.3 is 10.1 Å². The second-order valence-electron chi connectivity index (χ2n) is 6.75. The van der Waals surface area contributed by atoms with Crippen molar-refractivity contribution in [1.82, 2.24) is 5.32 Å². The predicted octanol–water partition coefficient (Wildman–Crippen LogP) is 3.76. The number of hydrogen-bond donors (Lipinski definition) is 1. The van der Waals surface area contributed by atoms with Crippen LogP contribution in [0.25, 0.3) is 0 Å². The summed E-state index contributed by atoms with van der Waals surface area (Å²) in [4.78, 5) is 12.2. The van der Waals surface area contributed by atoms with Crippen molar-refractivity contribution in [2.24, 2.45) is 0 Å². The molecule has 1 unspecified atom stereocenters. The van der Waals surface area contributed by atoms with Crippen molar-refractivity contribution in [2.45, 2.75) is 24.3 Å². The number of hydrogen-bond acceptors (Lipinski definition) is 4. The Morgan fingerprint density at radius 3 is 2.48 bits per heavy atom. The highest BCUT2D eigenvalue weighted by Gasteiger charge is 2.32. The molecular formula is C20H20F3NO4S. The molecule has 0 spiro atoms. The van der Waals surface area contributed by atoms with Crippen LogP contribution in [0.3, 0.4) is 0 Å². The molecule has 2 aromatic rings. The fraction of sp³-hybridized carbons (Fsp3) is 0.350. The molecule has 156 valence electrons. The van der Waals surface area contributed by atoms with E-state index in [1.54, 1.807) is 24.3 Å². The van der Waals surface area contributed by atoms with Crippen LogP contribution in [0, 0.1) is 0 Å². The van der Waals surface area contributed by atoms with E-state index in [9.17, 15) is 26.4 Å². The number of rotatable bonds is 6. The summed E-state index contributed by atoms with van der Waals surface area (Å²) >= 11 is 0. The van der Waals surface area contributed by atoms with Gasteiger partial charge in [0, 0.05) is 5.56 Å². The fourth-order valence-corrected chi connectivity index (χ4v) is 5.16. The number of nitrogens with one attached hydrogen (secondary N) is 1. The Labute approximate surface area is 166 Å². The molecule has 0 aliphatic carbocycles. The summed E-state index contributed by atoms with van der Waals surface area (Å²) in [6.07, 6.45) is -3.22. The molecule has 1 saturated heterocycles. The van der Waals surface area contributed by atoms with Crippen LogP contribution in [-0.2, 0) is 16.0 Å². The van der Waals surface area contributed by atoms with E-state index in [4.69, 9.17) is 4.74 Å². The van der Waals surface area contributed by atoms with Crippen LogP contribution in [0.1, 0.15) is 39.6 Å². The third-order valence-electron chi connectivity index (χ3n) is 4.69. The number of carbonyl (C=O) groups is 1. The Balaban J connectivity index is 1.50. The van der Waals surface area contributed by atoms with Crippen LogP contribution < -0.4 is 10.1 Å². The monoisotopic (exact) mass is 427 g/mol. The van der Waals surface area contributed by atoms with E-state index in [-0.39, 0.29) is 30.6 Å². The van der Waals surface area contributed by atoms with Crippen molar-refractivity contribution >= 4 is 15.7 Å². The van der Waals surface area contributed by atoms with Crippen molar-refractivity contribution in [3.05, 3.63) is 65.2 Å². The van der Waals surface area contributed by atoms with Crippen LogP contribution in [0.2, 0.25) is 0 Å². The predicted molar refractivity (Wildman–Crippen MR) is 101 cm³/mol. The zero-order chi connectivity index (χ0) is 21.1. The maximum Gasteiger partial charge on any atom is 0.416 e. The molecule has 1 N–H and O–H groups in total. The highest BCUT2D eigenvalue weighted by molar-refractivity contribution is 7.91. The lowest BCUT2D eigenvalue weighted by molar-refractivity contribution is -0.137. The molecule has 1 amide bonds. The zero-order valence-electron chi connectivity index (χ0n) is 15.4. The summed E-state index contributed by atoms with van der Waals surface area (Å²) in [5, 5.41) is 2.10. The number of halogens is 3. The lowest BCUT2D eigenvalue weighted by Crippen LogP contribution is -2.28. The molecule has 1 fully saturated rings. The van der Waals surface area contributed by atoms with Gasteiger partial charge in [-0.15, -0.1) is 0 Å². The van der Waals surface area contributed by atoms with Gasteiger partial charge in [0.05, 0.1) is 23.1 Å². The first-order valence-electron chi connectivity index (χ1n) is 9.06. The first-order valence-corrected chi connectivity index (χ1v) is 10.8. The maximum absolute atomic E-state index is 12.7. The summed E-state index contributed by atoms with van der Waals surface area (Å²) in [5.74, 6) is -0.124. The van der Waals surface area contributed by atoms with E-state index < -0.39 is 26.8 Å². The number of ether oxygens (including phenoxy) is 1. The van der Waals surface area contributed by atoms with E-state index >= 15 is 0 Å². The summed E-state index contributed by atoms with van der Waals surface area (Å²) < 4.78 is 67.3. The Hall–Kier alpha value is -2.55. The Morgan fingerprint density at radius 2 is 1.86 bits per heavy atom. The third-order valence-corrected chi connectivity index (χ3v) is 6.92. The van der Waals surface area contributed by atoms with Gasteiger partial charge in [0.1, 0.15) is 12.4 Å². The second-order valence-corrected chi connectivity index (χ2v) is 9.05. The van der Waals surface area contributed by atoms with Gasteiger partial charge in [-0.3, -0.25) is 4.79 Å². The van der Waals surface area contributed by atoms with Crippen LogP contribution in [0.5, 0.6) is 5.75 Å². The molecule has 1 aliphatic heterocycles. The van der Waals surface area contributed by atoms with Crippen molar-refractivity contribution in [1.29, 1.82) is 0 Å². The molecule has 9 heteroatoms. The molecule has 5 nitrogen and oxygen atoms in total. The van der Waals surface area contributed by atoms with Gasteiger partial charge in [-0.05, 0) is 48.7 Å². The van der Waals surface area contributed by atoms with E-state index in [1.165, 1.54) is 12.1 Å². The van der Waals surface area contributed by atoms with Gasteiger partial charge in [-0.1, -0.05) is 18.2 Å². The first kappa shape index (κ1) is 21.2. The number of sulfone groups is 1. The molecule has 0 aromatic heterocycles. The molecule has 2 aromatic carbocycles. The number of benzene rings is 2. The molecule has 0 bridgehead atoms. The summed E-state index contributed by atoms with van der Waals surface area (Å²) in [6.45, 7) is 0.110. The summed E-state index contributed by atoms with van der Waals surface area (Å²) in [7, 11) is -3.12. The van der Waals surface area contributed by atoms with Gasteiger partial charge in [-0.2, -0.15) is 13.2 Å². The van der Waals surface area contributed by atoms with Crippen molar-refractivity contribution in [2.75, 3.05) is 18.9 Å². The van der Waals surface area contributed by atoms with Gasteiger partial charge in [0.25, 0.3) is 5.91 Å². The van der Waals surface area contributed by atoms with Crippen LogP contribution in [0.15, 0.2) is 48.5 Å². The molecular weight excluding hydrogens is 407 g/mol. The molecule has 0 radical (unpaired) electrons. The van der Waals surface area contributed by atoms with E-state index in [0.717, 1.165) is 12.1 Å². The quantitative estimate of drug-likeness (QED) is 0.713. The summed E-state index contributed by atoms with van der Waals surface area (Å²) in [5.41, 5.74) is 0.235. The first-order chi connectivity index (χ1) is 13.7. The minimum Gasteiger partial charge on any atom is -0.492 e. The number of amides is 1. The van der Waals surface area contributed by atoms with Crippen LogP contribution >= 0.6 is 0 Å². The van der Waals surface area contributed by atoms with Crippen molar-refractivity contribution in [3.8, 4) is 5.75 Å². The topological polar surface area (TPSA) is 72.5 Å². The SMILES string of the molecule is O=C(NCCOc1cccc(C(F)(F)F)c1)c1ccc(C2CCCS2(=O)=O)cc1. The minimum atomic E-state index is -4.45. The standard InChI is InChI=1S/C20H20F3NO4S/c21-20(22,23)16-3-1-4-17(13-16)28-11-10-24-19(25)15-8-6-14(7-9-15)18-5-2-12-29(18,26)27/h1,3-4,6-9,13,18H,2,5,10-12H2,(H,24,25). The van der Waals surface area contributed by atoms with Crippen LogP contribution in [0.4, 0.5) is 13.2 Å². The lowest BCUT2D eigenvalue weighted by atomic mass is 10.1. The molecule has 3 rings (SSSR count). The molecule has 29 heavy (non-hydrogen) atoms. The van der Waals surface area contributed by atoms with Crippen LogP contribution in [-0.4, -0.2) is 33.2 Å². The Morgan fingerprint density at radius 1 is 1.14 bits per heavy atom. The van der Waals surface area contributed by atoms with E-state index in [0.29, 0.717) is 24.0 Å². The molecule has 1 aliphatic rings. The van der Waals surface area contributed by atoms with Gasteiger partial charge in [0.2, 0.25) is 0 Å². The Bertz CT molecular complexity index is 972. The fourth-order valence-electron chi connectivity index (χ4n) is 3.21. The second kappa shape index (κ2) is 8.44. The normalized spacial score (nSPS) is 18.4. The largest absolute Gasteiger partial charge is 0.492 e. The van der Waals surface area contributed by atoms with E-state index in [1.807, 2.05) is 0 Å². The van der Waals surface area contributed by atoms with E-state index in [2.05, 4.69) is 5.32 Å². The minimum absolute atomic E-state index is 0.00541. The zero-order valence-corrected chi connectivity index (χ0v) is 16.2. The smallest absolute Gasteiger partial charge is 0.416 e. The summed E-state index contributed by atoms with van der Waals surface area (Å²) in [6, 6.07) is 10.9. The number of carbonyl (C=O) groups excluding carboxylic acids is 1. The molecule has 1 atom stereocenters. The highest BCUT2D eigenvalue weighted by atomic mass is 32.2. The molecule has 1 heterocycles. The van der Waals surface area contributed by atoms with Gasteiger partial charge >= 0.3 is 6.18 Å². The third kappa shape index (κ3) is 5.29. The highest BCUT2D eigenvalue weighted by Crippen LogP contribution is 2.34. The number of alkyl halides is 3. The average Bonchev–Trinajstić information content (AvgIpc) is 3.04. The average molecular weight is 427 g/mol. The Kier molecular flexibility index (Phi) is 6.16. The van der Waals surface area contributed by atoms with Gasteiger partial charge in [-0.25, -0.2) is 8.42 Å².